The number of benzene rings is 2. The van der Waals surface area contributed by atoms with Crippen LogP contribution in [-0.2, 0) is 22.6 Å². The summed E-state index contributed by atoms with van der Waals surface area (Å²) in [4.78, 5) is 32.5. The van der Waals surface area contributed by atoms with Gasteiger partial charge >= 0.3 is 6.18 Å². The number of carbonyl (C=O) groups is 2. The molecular formula is C29H29Cl2F3N4O4S. The summed E-state index contributed by atoms with van der Waals surface area (Å²) in [6.45, 7) is 2.04. The molecule has 0 spiro atoms. The molecule has 2 aromatic carbocycles. The third-order valence-corrected chi connectivity index (χ3v) is 9.52. The summed E-state index contributed by atoms with van der Waals surface area (Å²) in [7, 11) is -2.54. The van der Waals surface area contributed by atoms with Crippen molar-refractivity contribution in [1.82, 2.24) is 15.2 Å². The van der Waals surface area contributed by atoms with Crippen molar-refractivity contribution in [2.45, 2.75) is 43.4 Å². The van der Waals surface area contributed by atoms with Crippen molar-refractivity contribution in [3.8, 4) is 0 Å². The lowest BCUT2D eigenvalue weighted by atomic mass is 9.99. The molecule has 2 amide bonds. The average molecular weight is 658 g/mol. The van der Waals surface area contributed by atoms with Crippen molar-refractivity contribution in [3.05, 3.63) is 87.2 Å². The third kappa shape index (κ3) is 7.67. The van der Waals surface area contributed by atoms with Crippen LogP contribution in [0.4, 0.5) is 18.9 Å². The van der Waals surface area contributed by atoms with Crippen molar-refractivity contribution in [2.75, 3.05) is 30.8 Å². The molecule has 1 saturated heterocycles. The molecule has 14 heteroatoms. The number of hydrogen-bond acceptors (Lipinski definition) is 6. The number of hydrogen-bond donors (Lipinski definition) is 1. The number of pyridine rings is 1. The summed E-state index contributed by atoms with van der Waals surface area (Å²) in [5.74, 6) is -1.53. The van der Waals surface area contributed by atoms with Gasteiger partial charge in [-0.3, -0.25) is 19.5 Å². The van der Waals surface area contributed by atoms with E-state index in [1.165, 1.54) is 38.4 Å². The molecule has 0 unspecified atom stereocenters. The fourth-order valence-corrected chi connectivity index (χ4v) is 6.49. The Labute approximate surface area is 257 Å². The molecule has 0 bridgehead atoms. The zero-order valence-corrected chi connectivity index (χ0v) is 25.6. The first kappa shape index (κ1) is 32.7. The van der Waals surface area contributed by atoms with Gasteiger partial charge in [0.15, 0.2) is 9.84 Å². The van der Waals surface area contributed by atoms with Gasteiger partial charge in [-0.1, -0.05) is 36.2 Å². The molecule has 0 saturated carbocycles. The van der Waals surface area contributed by atoms with E-state index in [1.54, 1.807) is 23.1 Å². The Balaban J connectivity index is 1.60. The summed E-state index contributed by atoms with van der Waals surface area (Å²) in [5.41, 5.74) is -1.49. The molecule has 4 rings (SSSR count). The summed E-state index contributed by atoms with van der Waals surface area (Å²) in [5, 5.41) is 2.76. The second kappa shape index (κ2) is 13.2. The highest BCUT2D eigenvalue weighted by molar-refractivity contribution is 7.91. The molecule has 1 aliphatic heterocycles. The van der Waals surface area contributed by atoms with Gasteiger partial charge in [0.05, 0.1) is 21.9 Å². The second-order valence-corrected chi connectivity index (χ2v) is 13.2. The number of carbonyl (C=O) groups excluding carboxylic acids is 2. The average Bonchev–Trinajstić information content (AvgIpc) is 2.97. The number of aromatic nitrogens is 1. The van der Waals surface area contributed by atoms with Crippen LogP contribution < -0.4 is 10.2 Å². The SMILES string of the molecule is CCS(=O)(=O)c1ccc(Cl)cc1N(C)C(=O)c1cc(Cl)c(CN2CCC[C@H](NC(=O)c3ccccn3)C2)c(C(F)(F)F)c1. The Bertz CT molecular complexity index is 1620. The topological polar surface area (TPSA) is 99.7 Å². The zero-order chi connectivity index (χ0) is 31.5. The standard InChI is InChI=1S/C29H29Cl2F3N4O4S/c1-3-43(41,42)26-10-9-19(30)15-25(26)37(2)28(40)18-13-22(29(32,33)34)21(23(31)14-18)17-38-12-6-7-20(16-38)36-27(39)24-8-4-5-11-35-24/h4-5,8-11,13-15,20H,3,6-7,12,16-17H2,1-2H3,(H,36,39)/t20-/m0/s1. The number of piperidine rings is 1. The van der Waals surface area contributed by atoms with E-state index in [0.29, 0.717) is 25.9 Å². The molecule has 230 valence electrons. The number of sulfone groups is 1. The maximum absolute atomic E-state index is 14.3. The van der Waals surface area contributed by atoms with Crippen molar-refractivity contribution in [3.63, 3.8) is 0 Å². The normalized spacial score (nSPS) is 16.1. The molecule has 43 heavy (non-hydrogen) atoms. The lowest BCUT2D eigenvalue weighted by Gasteiger charge is -2.34. The Morgan fingerprint density at radius 2 is 1.88 bits per heavy atom. The molecule has 1 aliphatic rings. The molecule has 1 atom stereocenters. The minimum absolute atomic E-state index is 0.0692. The van der Waals surface area contributed by atoms with E-state index in [1.807, 2.05) is 0 Å². The predicted molar refractivity (Wildman–Crippen MR) is 158 cm³/mol. The fourth-order valence-electron chi connectivity index (χ4n) is 4.94. The second-order valence-electron chi connectivity index (χ2n) is 10.1. The first-order valence-electron chi connectivity index (χ1n) is 13.4. The number of likely N-dealkylation sites (tertiary alicyclic amines) is 1. The summed E-state index contributed by atoms with van der Waals surface area (Å²) < 4.78 is 68.3. The number of nitrogens with zero attached hydrogens (tertiary/aromatic N) is 3. The molecule has 0 radical (unpaired) electrons. The van der Waals surface area contributed by atoms with Crippen LogP contribution in [0.25, 0.3) is 0 Å². The third-order valence-electron chi connectivity index (χ3n) is 7.17. The Kier molecular flexibility index (Phi) is 10.1. The highest BCUT2D eigenvalue weighted by Gasteiger charge is 2.37. The van der Waals surface area contributed by atoms with E-state index in [-0.39, 0.29) is 61.7 Å². The largest absolute Gasteiger partial charge is 0.416 e. The van der Waals surface area contributed by atoms with Gasteiger partial charge < -0.3 is 10.2 Å². The molecule has 1 N–H and O–H groups in total. The van der Waals surface area contributed by atoms with E-state index in [2.05, 4.69) is 10.3 Å². The highest BCUT2D eigenvalue weighted by Crippen LogP contribution is 2.38. The first-order valence-corrected chi connectivity index (χ1v) is 15.8. The molecule has 3 aromatic rings. The van der Waals surface area contributed by atoms with Gasteiger partial charge in [0, 0.05) is 48.0 Å². The maximum atomic E-state index is 14.3. The lowest BCUT2D eigenvalue weighted by Crippen LogP contribution is -2.47. The van der Waals surface area contributed by atoms with Gasteiger partial charge in [0.2, 0.25) is 0 Å². The molecule has 2 heterocycles. The molecular weight excluding hydrogens is 628 g/mol. The summed E-state index contributed by atoms with van der Waals surface area (Å²) in [6, 6.07) is 10.4. The quantitative estimate of drug-likeness (QED) is 0.326. The van der Waals surface area contributed by atoms with Gasteiger partial charge in [0.25, 0.3) is 11.8 Å². The maximum Gasteiger partial charge on any atom is 0.416 e. The summed E-state index contributed by atoms with van der Waals surface area (Å²) >= 11 is 12.5. The Morgan fingerprint density at radius 3 is 2.53 bits per heavy atom. The van der Waals surface area contributed by atoms with Gasteiger partial charge in [-0.25, -0.2) is 8.42 Å². The highest BCUT2D eigenvalue weighted by atomic mass is 35.5. The van der Waals surface area contributed by atoms with Crippen LogP contribution in [0.15, 0.2) is 59.6 Å². The van der Waals surface area contributed by atoms with Gasteiger partial charge in [-0.15, -0.1) is 0 Å². The van der Waals surface area contributed by atoms with Gasteiger partial charge in [-0.05, 0) is 67.4 Å². The first-order chi connectivity index (χ1) is 20.2. The fraction of sp³-hybridized carbons (Fsp3) is 0.345. The smallest absolute Gasteiger partial charge is 0.347 e. The zero-order valence-electron chi connectivity index (χ0n) is 23.3. The van der Waals surface area contributed by atoms with Crippen molar-refractivity contribution in [1.29, 1.82) is 0 Å². The summed E-state index contributed by atoms with van der Waals surface area (Å²) in [6.07, 6.45) is -2.07. The van der Waals surface area contributed by atoms with Crippen LogP contribution in [0, 0.1) is 0 Å². The van der Waals surface area contributed by atoms with Crippen LogP contribution >= 0.6 is 23.2 Å². The number of halogens is 5. The molecule has 1 fully saturated rings. The van der Waals surface area contributed by atoms with E-state index in [9.17, 15) is 31.2 Å². The number of rotatable bonds is 8. The van der Waals surface area contributed by atoms with Crippen LogP contribution in [0.3, 0.4) is 0 Å². The van der Waals surface area contributed by atoms with Crippen LogP contribution in [-0.4, -0.2) is 62.0 Å². The van der Waals surface area contributed by atoms with E-state index in [4.69, 9.17) is 23.2 Å². The van der Waals surface area contributed by atoms with Gasteiger partial charge in [-0.2, -0.15) is 13.2 Å². The monoisotopic (exact) mass is 656 g/mol. The van der Waals surface area contributed by atoms with E-state index >= 15 is 0 Å². The Hall–Kier alpha value is -3.19. The lowest BCUT2D eigenvalue weighted by molar-refractivity contribution is -0.138. The van der Waals surface area contributed by atoms with Crippen LogP contribution in [0.1, 0.15) is 51.7 Å². The Morgan fingerprint density at radius 1 is 1.14 bits per heavy atom. The molecule has 8 nitrogen and oxygen atoms in total. The number of amides is 2. The van der Waals surface area contributed by atoms with Crippen LogP contribution in [0.5, 0.6) is 0 Å². The minimum Gasteiger partial charge on any atom is -0.347 e. The molecule has 1 aromatic heterocycles. The van der Waals surface area contributed by atoms with Crippen molar-refractivity contribution >= 4 is 50.5 Å². The van der Waals surface area contributed by atoms with Gasteiger partial charge in [0.1, 0.15) is 5.69 Å². The number of alkyl halides is 3. The van der Waals surface area contributed by atoms with Crippen molar-refractivity contribution < 1.29 is 31.2 Å². The molecule has 0 aliphatic carbocycles. The minimum atomic E-state index is -4.84. The number of anilines is 1. The van der Waals surface area contributed by atoms with Crippen LogP contribution in [0.2, 0.25) is 10.0 Å². The van der Waals surface area contributed by atoms with Crippen molar-refractivity contribution in [2.24, 2.45) is 0 Å². The number of nitrogens with one attached hydrogen (secondary N) is 1. The van der Waals surface area contributed by atoms with E-state index in [0.717, 1.165) is 17.0 Å². The predicted octanol–water partition coefficient (Wildman–Crippen LogP) is 5.87. The van der Waals surface area contributed by atoms with E-state index < -0.39 is 27.5 Å².